The van der Waals surface area contributed by atoms with Crippen LogP contribution in [-0.4, -0.2) is 60.5 Å². The molecule has 0 rings (SSSR count). The number of unbranched alkanes of at least 4 members (excludes halogenated alkanes) is 1. The van der Waals surface area contributed by atoms with Gasteiger partial charge in [-0.2, -0.15) is 0 Å². The Labute approximate surface area is 165 Å². The van der Waals surface area contributed by atoms with Gasteiger partial charge in [-0.05, 0) is 40.0 Å². The molecule has 0 saturated carbocycles. The van der Waals surface area contributed by atoms with E-state index >= 15 is 0 Å². The van der Waals surface area contributed by atoms with Gasteiger partial charge in [-0.3, -0.25) is 14.4 Å². The van der Waals surface area contributed by atoms with Gasteiger partial charge >= 0.3 is 5.97 Å². The smallest absolute Gasteiger partial charge is 0.328 e. The Hall–Kier alpha value is -2.23. The van der Waals surface area contributed by atoms with Crippen LogP contribution in [0.3, 0.4) is 0 Å². The van der Waals surface area contributed by atoms with Crippen LogP contribution in [0.25, 0.3) is 0 Å². The highest BCUT2D eigenvalue weighted by Crippen LogP contribution is 2.03. The van der Waals surface area contributed by atoms with E-state index in [9.17, 15) is 19.2 Å². The molecule has 3 amide bonds. The van der Waals surface area contributed by atoms with E-state index in [1.807, 2.05) is 0 Å². The predicted molar refractivity (Wildman–Crippen MR) is 105 cm³/mol. The van der Waals surface area contributed by atoms with Crippen molar-refractivity contribution in [2.24, 2.45) is 0 Å². The van der Waals surface area contributed by atoms with Gasteiger partial charge in [-0.25, -0.2) is 4.79 Å². The van der Waals surface area contributed by atoms with Crippen LogP contribution in [0.4, 0.5) is 0 Å². The van der Waals surface area contributed by atoms with E-state index in [1.54, 1.807) is 6.92 Å². The molecule has 0 fully saturated rings. The van der Waals surface area contributed by atoms with E-state index in [1.165, 1.54) is 27.9 Å². The molecule has 0 unspecified atom stereocenters. The van der Waals surface area contributed by atoms with Crippen LogP contribution in [0.2, 0.25) is 0 Å². The Balaban J connectivity index is 4.84. The number of esters is 1. The highest BCUT2D eigenvalue weighted by Gasteiger charge is 2.26. The average molecular weight is 403 g/mol. The number of hydrogen-bond acceptors (Lipinski definition) is 6. The number of hydrogen-bond donors (Lipinski definition) is 4. The number of carbonyl (C=O) groups excluding carboxylic acids is 4. The Bertz CT molecular complexity index is 555. The summed E-state index contributed by atoms with van der Waals surface area (Å²) in [6, 6.07) is -2.46. The lowest BCUT2D eigenvalue weighted by molar-refractivity contribution is -0.144. The number of carbonyl (C=O) groups is 4. The lowest BCUT2D eigenvalue weighted by Gasteiger charge is -2.22. The molecular formula is C17H30N4O5S. The lowest BCUT2D eigenvalue weighted by Crippen LogP contribution is -2.54. The molecule has 0 bridgehead atoms. The fourth-order valence-corrected chi connectivity index (χ4v) is 2.33. The van der Waals surface area contributed by atoms with Gasteiger partial charge in [0.15, 0.2) is 0 Å². The van der Waals surface area contributed by atoms with Gasteiger partial charge in [0, 0.05) is 13.5 Å². The second-order valence-corrected chi connectivity index (χ2v) is 6.83. The van der Waals surface area contributed by atoms with Gasteiger partial charge in [0.2, 0.25) is 17.7 Å². The molecule has 10 heteroatoms. The number of amides is 3. The topological polar surface area (TPSA) is 126 Å². The Kier molecular flexibility index (Phi) is 11.9. The van der Waals surface area contributed by atoms with Crippen molar-refractivity contribution in [1.29, 1.82) is 0 Å². The van der Waals surface area contributed by atoms with Crippen LogP contribution in [0.5, 0.6) is 0 Å². The summed E-state index contributed by atoms with van der Waals surface area (Å²) < 4.78 is 4.58. The first kappa shape index (κ1) is 24.8. The third-order valence-corrected chi connectivity index (χ3v) is 3.80. The molecule has 4 N–H and O–H groups in total. The number of methoxy groups -OCH3 is 1. The molecule has 0 aliphatic carbocycles. The minimum atomic E-state index is -0.839. The van der Waals surface area contributed by atoms with Crippen LogP contribution >= 0.6 is 12.2 Å². The molecule has 3 atom stereocenters. The van der Waals surface area contributed by atoms with E-state index in [2.05, 4.69) is 26.0 Å². The fraction of sp³-hybridized carbons (Fsp3) is 0.706. The first-order chi connectivity index (χ1) is 12.6. The summed E-state index contributed by atoms with van der Waals surface area (Å²) >= 11 is 4.93. The first-order valence-electron chi connectivity index (χ1n) is 8.78. The molecule has 154 valence electrons. The SMILES string of the molecule is COC(=O)[C@H](C)NC(=O)[C@H](CCCCNC(C)=S)NC(=O)[C@H](C)NC(C)=O. The van der Waals surface area contributed by atoms with Crippen molar-refractivity contribution in [1.82, 2.24) is 21.3 Å². The summed E-state index contributed by atoms with van der Waals surface area (Å²) in [4.78, 5) is 48.0. The molecule has 27 heavy (non-hydrogen) atoms. The van der Waals surface area contributed by atoms with Gasteiger partial charge in [0.1, 0.15) is 18.1 Å². The van der Waals surface area contributed by atoms with E-state index in [0.717, 1.165) is 6.42 Å². The molecule has 9 nitrogen and oxygen atoms in total. The van der Waals surface area contributed by atoms with E-state index in [0.29, 0.717) is 24.4 Å². The molecule has 0 spiro atoms. The Morgan fingerprint density at radius 3 is 2.07 bits per heavy atom. The molecule has 0 heterocycles. The summed E-state index contributed by atoms with van der Waals surface area (Å²) in [5.74, 6) is -1.90. The summed E-state index contributed by atoms with van der Waals surface area (Å²) in [6.07, 6.45) is 1.77. The van der Waals surface area contributed by atoms with Crippen LogP contribution < -0.4 is 21.3 Å². The van der Waals surface area contributed by atoms with Crippen molar-refractivity contribution in [3.05, 3.63) is 0 Å². The van der Waals surface area contributed by atoms with Crippen molar-refractivity contribution >= 4 is 40.9 Å². The molecule has 0 aromatic rings. The summed E-state index contributed by atoms with van der Waals surface area (Å²) in [6.45, 7) is 6.77. The highest BCUT2D eigenvalue weighted by molar-refractivity contribution is 7.80. The molecular weight excluding hydrogens is 372 g/mol. The molecule has 0 aromatic heterocycles. The van der Waals surface area contributed by atoms with E-state index in [-0.39, 0.29) is 5.91 Å². The van der Waals surface area contributed by atoms with Crippen LogP contribution in [-0.2, 0) is 23.9 Å². The van der Waals surface area contributed by atoms with Crippen molar-refractivity contribution in [2.75, 3.05) is 13.7 Å². The predicted octanol–water partition coefficient (Wildman–Crippen LogP) is -0.219. The summed E-state index contributed by atoms with van der Waals surface area (Å²) in [5.41, 5.74) is 0. The molecule has 0 aliphatic heterocycles. The molecule has 0 aliphatic rings. The third kappa shape index (κ3) is 11.2. The summed E-state index contributed by atoms with van der Waals surface area (Å²) in [5, 5.41) is 10.6. The maximum absolute atomic E-state index is 12.5. The maximum atomic E-state index is 12.5. The monoisotopic (exact) mass is 402 g/mol. The first-order valence-corrected chi connectivity index (χ1v) is 9.19. The second-order valence-electron chi connectivity index (χ2n) is 6.22. The molecule has 0 aromatic carbocycles. The lowest BCUT2D eigenvalue weighted by atomic mass is 10.1. The number of nitrogens with one attached hydrogen (secondary N) is 4. The van der Waals surface area contributed by atoms with Crippen LogP contribution in [0.15, 0.2) is 0 Å². The summed E-state index contributed by atoms with van der Waals surface area (Å²) in [7, 11) is 1.23. The maximum Gasteiger partial charge on any atom is 0.328 e. The number of thiocarbonyl (C=S) groups is 1. The van der Waals surface area contributed by atoms with Crippen LogP contribution in [0, 0.1) is 0 Å². The van der Waals surface area contributed by atoms with Crippen molar-refractivity contribution in [3.63, 3.8) is 0 Å². The van der Waals surface area contributed by atoms with Gasteiger partial charge in [0.25, 0.3) is 0 Å². The quantitative estimate of drug-likeness (QED) is 0.214. The standard InChI is InChI=1S/C17H30N4O5S/c1-10(19-12(3)22)15(23)21-14(8-6-7-9-18-13(4)27)16(24)20-11(2)17(25)26-5/h10-11,14H,6-9H2,1-5H3,(H,18,27)(H,19,22)(H,20,24)(H,21,23)/t10-,11-,14-/m0/s1. The minimum absolute atomic E-state index is 0.348. The number of rotatable bonds is 11. The van der Waals surface area contributed by atoms with Crippen molar-refractivity contribution in [3.8, 4) is 0 Å². The van der Waals surface area contributed by atoms with Gasteiger partial charge < -0.3 is 26.0 Å². The Morgan fingerprint density at radius 2 is 1.56 bits per heavy atom. The molecule has 0 radical (unpaired) electrons. The zero-order valence-corrected chi connectivity index (χ0v) is 17.3. The zero-order valence-electron chi connectivity index (χ0n) is 16.5. The van der Waals surface area contributed by atoms with Gasteiger partial charge in [0.05, 0.1) is 12.1 Å². The highest BCUT2D eigenvalue weighted by atomic mass is 32.1. The van der Waals surface area contributed by atoms with Crippen molar-refractivity contribution in [2.45, 2.75) is 65.1 Å². The third-order valence-electron chi connectivity index (χ3n) is 3.65. The fourth-order valence-electron chi connectivity index (χ4n) is 2.22. The minimum Gasteiger partial charge on any atom is -0.467 e. The number of ether oxygens (including phenoxy) is 1. The average Bonchev–Trinajstić information content (AvgIpc) is 2.58. The van der Waals surface area contributed by atoms with Gasteiger partial charge in [-0.1, -0.05) is 12.2 Å². The van der Waals surface area contributed by atoms with Crippen molar-refractivity contribution < 1.29 is 23.9 Å². The van der Waals surface area contributed by atoms with Gasteiger partial charge in [-0.15, -0.1) is 0 Å². The zero-order chi connectivity index (χ0) is 21.0. The largest absolute Gasteiger partial charge is 0.467 e. The van der Waals surface area contributed by atoms with Crippen LogP contribution in [0.1, 0.15) is 47.0 Å². The van der Waals surface area contributed by atoms with E-state index < -0.39 is 35.9 Å². The molecule has 0 saturated heterocycles. The Morgan fingerprint density at radius 1 is 0.926 bits per heavy atom. The normalized spacial score (nSPS) is 13.5. The van der Waals surface area contributed by atoms with E-state index in [4.69, 9.17) is 12.2 Å². The second kappa shape index (κ2) is 13.0.